The Hall–Kier alpha value is -4.42. The third kappa shape index (κ3) is 6.19. The third-order valence-corrected chi connectivity index (χ3v) is 11.3. The first-order chi connectivity index (χ1) is 22.3. The van der Waals surface area contributed by atoms with E-state index in [1.54, 1.807) is 12.1 Å². The average Bonchev–Trinajstić information content (AvgIpc) is 3.53. The van der Waals surface area contributed by atoms with E-state index in [2.05, 4.69) is 39.2 Å². The maximum atomic E-state index is 12.9. The van der Waals surface area contributed by atoms with Crippen LogP contribution < -0.4 is 4.90 Å². The monoisotopic (exact) mass is 636 g/mol. The van der Waals surface area contributed by atoms with E-state index >= 15 is 0 Å². The summed E-state index contributed by atoms with van der Waals surface area (Å²) >= 11 is 0. The molecule has 3 aliphatic rings. The molecule has 0 radical (unpaired) electrons. The largest absolute Gasteiger partial charge is 0.462 e. The molecule has 238 valence electrons. The highest BCUT2D eigenvalue weighted by Crippen LogP contribution is 2.49. The Bertz CT molecular complexity index is 1730. The van der Waals surface area contributed by atoms with Gasteiger partial charge in [0.1, 0.15) is 11.5 Å². The summed E-state index contributed by atoms with van der Waals surface area (Å²) in [6.45, 7) is 5.33. The number of sulfone groups is 1. The second-order valence-corrected chi connectivity index (χ2v) is 14.4. The van der Waals surface area contributed by atoms with Crippen LogP contribution in [0.15, 0.2) is 113 Å². The van der Waals surface area contributed by atoms with Crippen molar-refractivity contribution < 1.29 is 17.9 Å². The topological polar surface area (TPSA) is 104 Å². The van der Waals surface area contributed by atoms with E-state index in [-0.39, 0.29) is 27.8 Å². The molecule has 46 heavy (non-hydrogen) atoms. The number of carbonyl (C=O) groups excluding carboxylic acids is 1. The van der Waals surface area contributed by atoms with E-state index in [0.717, 1.165) is 62.1 Å². The van der Waals surface area contributed by atoms with Gasteiger partial charge in [-0.2, -0.15) is 5.26 Å². The van der Waals surface area contributed by atoms with Gasteiger partial charge in [-0.3, -0.25) is 9.78 Å². The van der Waals surface area contributed by atoms with E-state index in [1.165, 1.54) is 24.5 Å². The number of anilines is 1. The van der Waals surface area contributed by atoms with E-state index in [9.17, 15) is 18.5 Å². The molecule has 1 saturated heterocycles. The molecule has 2 aliphatic heterocycles. The number of allylic oxidation sites excluding steroid dienone is 2. The van der Waals surface area contributed by atoms with Gasteiger partial charge in [0.25, 0.3) is 0 Å². The van der Waals surface area contributed by atoms with Crippen LogP contribution in [0.2, 0.25) is 0 Å². The molecule has 0 bridgehead atoms. The minimum Gasteiger partial charge on any atom is -0.462 e. The van der Waals surface area contributed by atoms with Gasteiger partial charge in [-0.05, 0) is 85.5 Å². The number of carbonyl (C=O) groups is 1. The number of pyridine rings is 1. The predicted molar refractivity (Wildman–Crippen MR) is 176 cm³/mol. The number of nitriles is 1. The van der Waals surface area contributed by atoms with Crippen LogP contribution in [0.3, 0.4) is 0 Å². The number of esters is 1. The maximum Gasteiger partial charge on any atom is 0.306 e. The lowest BCUT2D eigenvalue weighted by molar-refractivity contribution is -0.151. The van der Waals surface area contributed by atoms with Crippen LogP contribution in [0, 0.1) is 23.2 Å². The number of rotatable bonds is 11. The fourth-order valence-electron chi connectivity index (χ4n) is 7.18. The number of hydrogen-bond donors (Lipinski definition) is 0. The average molecular weight is 637 g/mol. The van der Waals surface area contributed by atoms with Gasteiger partial charge in [0.15, 0.2) is 0 Å². The molecule has 9 heteroatoms. The zero-order valence-electron chi connectivity index (χ0n) is 26.2. The zero-order valence-corrected chi connectivity index (χ0v) is 27.0. The Balaban J connectivity index is 1.10. The third-order valence-electron chi connectivity index (χ3n) is 9.54. The summed E-state index contributed by atoms with van der Waals surface area (Å²) in [5.41, 5.74) is 2.02. The molecule has 1 aliphatic carbocycles. The molecule has 1 aromatic heterocycles. The predicted octanol–water partition coefficient (Wildman–Crippen LogP) is 6.08. The molecule has 6 rings (SSSR count). The highest BCUT2D eigenvalue weighted by atomic mass is 32.2. The fraction of sp³-hybridized carbons (Fsp3) is 0.378. The summed E-state index contributed by atoms with van der Waals surface area (Å²) < 4.78 is 31.8. The summed E-state index contributed by atoms with van der Waals surface area (Å²) in [6.07, 6.45) is 12.7. The standard InChI is InChI=1S/C37H40N4O4S/c1-2-7-36(42)45-35-11-6-10-34(35)37(27-38,29-8-4-3-5-9-29)30-18-22-40(23-19-30)24-28-25-41(26-28)31-12-14-32(15-13-31)46(43,44)33-16-20-39-21-17-33/h3-5,8-9,12-22,28,34-35H,2,6-7,10-11,23-26H2,1H3. The van der Waals surface area contributed by atoms with Crippen molar-refractivity contribution in [3.63, 3.8) is 0 Å². The lowest BCUT2D eigenvalue weighted by atomic mass is 9.64. The molecule has 0 amide bonds. The van der Waals surface area contributed by atoms with Crippen molar-refractivity contribution in [3.8, 4) is 6.07 Å². The minimum absolute atomic E-state index is 0.116. The van der Waals surface area contributed by atoms with Crippen molar-refractivity contribution in [1.29, 1.82) is 5.26 Å². The normalized spacial score (nSPS) is 21.2. The van der Waals surface area contributed by atoms with Gasteiger partial charge >= 0.3 is 5.97 Å². The van der Waals surface area contributed by atoms with Crippen molar-refractivity contribution in [3.05, 3.63) is 109 Å². The zero-order chi connectivity index (χ0) is 32.1. The summed E-state index contributed by atoms with van der Waals surface area (Å²) in [7, 11) is -3.57. The van der Waals surface area contributed by atoms with Crippen LogP contribution in [0.5, 0.6) is 0 Å². The Kier molecular flexibility index (Phi) is 9.27. The number of aromatic nitrogens is 1. The first kappa shape index (κ1) is 31.6. The molecule has 3 aromatic rings. The van der Waals surface area contributed by atoms with Crippen LogP contribution >= 0.6 is 0 Å². The van der Waals surface area contributed by atoms with Crippen molar-refractivity contribution in [2.45, 2.75) is 60.3 Å². The molecular formula is C37H40N4O4S. The maximum absolute atomic E-state index is 12.9. The van der Waals surface area contributed by atoms with Gasteiger partial charge in [0, 0.05) is 62.5 Å². The Labute approximate surface area is 271 Å². The molecule has 0 N–H and O–H groups in total. The van der Waals surface area contributed by atoms with Crippen LogP contribution in [-0.2, 0) is 24.8 Å². The second kappa shape index (κ2) is 13.5. The molecule has 2 aromatic carbocycles. The molecule has 1 saturated carbocycles. The van der Waals surface area contributed by atoms with Gasteiger partial charge in [-0.15, -0.1) is 0 Å². The number of hydrogen-bond acceptors (Lipinski definition) is 8. The summed E-state index contributed by atoms with van der Waals surface area (Å²) in [5.74, 6) is 0.167. The SMILES string of the molecule is CCCC(=O)OC1CCCC1C(C#N)(C1=CCN(CC2CN(c3ccc(S(=O)(=O)c4ccncc4)cc3)C2)C=C1)c1ccccc1. The highest BCUT2D eigenvalue weighted by Gasteiger charge is 2.50. The van der Waals surface area contributed by atoms with Crippen LogP contribution in [0.4, 0.5) is 5.69 Å². The quantitative estimate of drug-likeness (QED) is 0.233. The smallest absolute Gasteiger partial charge is 0.306 e. The van der Waals surface area contributed by atoms with Gasteiger partial charge in [0.05, 0.1) is 15.9 Å². The van der Waals surface area contributed by atoms with Crippen molar-refractivity contribution in [2.24, 2.45) is 11.8 Å². The van der Waals surface area contributed by atoms with Gasteiger partial charge in [0.2, 0.25) is 9.84 Å². The van der Waals surface area contributed by atoms with Gasteiger partial charge in [-0.25, -0.2) is 8.42 Å². The molecule has 3 heterocycles. The Morgan fingerprint density at radius 1 is 1.02 bits per heavy atom. The first-order valence-corrected chi connectivity index (χ1v) is 17.6. The van der Waals surface area contributed by atoms with E-state index in [1.807, 2.05) is 49.4 Å². The molecule has 0 spiro atoms. The van der Waals surface area contributed by atoms with Crippen molar-refractivity contribution in [1.82, 2.24) is 9.88 Å². The Morgan fingerprint density at radius 3 is 2.39 bits per heavy atom. The molecule has 8 nitrogen and oxygen atoms in total. The lowest BCUT2D eigenvalue weighted by Gasteiger charge is -2.44. The van der Waals surface area contributed by atoms with Crippen molar-refractivity contribution in [2.75, 3.05) is 31.1 Å². The van der Waals surface area contributed by atoms with E-state index in [4.69, 9.17) is 4.74 Å². The summed E-state index contributed by atoms with van der Waals surface area (Å²) in [5, 5.41) is 10.9. The van der Waals surface area contributed by atoms with Gasteiger partial charge < -0.3 is 14.5 Å². The number of nitrogens with zero attached hydrogens (tertiary/aromatic N) is 4. The van der Waals surface area contributed by atoms with Gasteiger partial charge in [-0.1, -0.05) is 43.3 Å². The minimum atomic E-state index is -3.57. The van der Waals surface area contributed by atoms with Crippen LogP contribution in [0.25, 0.3) is 0 Å². The van der Waals surface area contributed by atoms with E-state index in [0.29, 0.717) is 18.9 Å². The number of benzene rings is 2. The highest BCUT2D eigenvalue weighted by molar-refractivity contribution is 7.91. The van der Waals surface area contributed by atoms with Crippen LogP contribution in [-0.4, -0.2) is 56.6 Å². The molecular weight excluding hydrogens is 596 g/mol. The molecule has 2 fully saturated rings. The lowest BCUT2D eigenvalue weighted by Crippen LogP contribution is -2.51. The second-order valence-electron chi connectivity index (χ2n) is 12.5. The number of ether oxygens (including phenoxy) is 1. The van der Waals surface area contributed by atoms with Crippen LogP contribution in [0.1, 0.15) is 44.6 Å². The summed E-state index contributed by atoms with van der Waals surface area (Å²) in [4.78, 5) is 21.5. The Morgan fingerprint density at radius 2 is 1.74 bits per heavy atom. The molecule has 3 unspecified atom stereocenters. The van der Waals surface area contributed by atoms with Crippen molar-refractivity contribution >= 4 is 21.5 Å². The summed E-state index contributed by atoms with van der Waals surface area (Å²) in [6, 6.07) is 22.8. The fourth-order valence-corrected chi connectivity index (χ4v) is 8.42. The molecule has 3 atom stereocenters. The first-order valence-electron chi connectivity index (χ1n) is 16.1. The van der Waals surface area contributed by atoms with E-state index < -0.39 is 15.3 Å².